The minimum Gasteiger partial charge on any atom is -1.00 e. The number of hydrogen-bond acceptors (Lipinski definition) is 4. The lowest BCUT2D eigenvalue weighted by Gasteiger charge is -2.24. The summed E-state index contributed by atoms with van der Waals surface area (Å²) in [7, 11) is 0.422. The Kier molecular flexibility index (Phi) is 6.10. The molecule has 0 saturated carbocycles. The molecule has 5 nitrogen and oxygen atoms in total. The van der Waals surface area contributed by atoms with Crippen LogP contribution in [0.5, 0.6) is 11.5 Å². The molecule has 1 aliphatic rings. The lowest BCUT2D eigenvalue weighted by atomic mass is 10.1. The topological polar surface area (TPSA) is 57.0 Å². The van der Waals surface area contributed by atoms with Crippen molar-refractivity contribution >= 4 is 9.84 Å². The van der Waals surface area contributed by atoms with Gasteiger partial charge in [-0.05, 0) is 12.1 Å². The quantitative estimate of drug-likeness (QED) is 0.626. The Morgan fingerprint density at radius 2 is 1.80 bits per heavy atom. The molecule has 0 bridgehead atoms. The van der Waals surface area contributed by atoms with Crippen LogP contribution in [-0.2, 0) is 16.4 Å². The van der Waals surface area contributed by atoms with Crippen molar-refractivity contribution in [1.82, 2.24) is 0 Å². The van der Waals surface area contributed by atoms with Crippen LogP contribution in [0.3, 0.4) is 0 Å². The van der Waals surface area contributed by atoms with Crippen LogP contribution in [0.2, 0.25) is 0 Å². The molecule has 0 amide bonds. The number of nitrogens with one attached hydrogen (secondary N) is 1. The minimum absolute atomic E-state index is 0. The minimum atomic E-state index is -2.81. The Morgan fingerprint density at radius 3 is 2.35 bits per heavy atom. The summed E-state index contributed by atoms with van der Waals surface area (Å²) in [4.78, 5) is 1.27. The highest BCUT2D eigenvalue weighted by Crippen LogP contribution is 2.30. The molecule has 0 atom stereocenters. The highest BCUT2D eigenvalue weighted by Gasteiger charge is 2.25. The summed E-state index contributed by atoms with van der Waals surface area (Å²) >= 11 is 0. The van der Waals surface area contributed by atoms with Crippen LogP contribution in [0, 0.1) is 0 Å². The number of hydrogen-bond donors (Lipinski definition) is 1. The molecule has 1 aromatic carbocycles. The number of para-hydroxylation sites is 1. The summed E-state index contributed by atoms with van der Waals surface area (Å²) in [5, 5.41) is 0. The maximum Gasteiger partial charge on any atom is 0.169 e. The molecule has 1 aromatic rings. The molecular weight excluding hydrogens is 302 g/mol. The third-order valence-corrected chi connectivity index (χ3v) is 5.11. The van der Waals surface area contributed by atoms with Crippen molar-refractivity contribution in [2.75, 3.05) is 38.8 Å². The first-order valence-corrected chi connectivity index (χ1v) is 8.12. The zero-order chi connectivity index (χ0) is 13.9. The number of sulfone groups is 1. The van der Waals surface area contributed by atoms with E-state index in [-0.39, 0.29) is 23.9 Å². The van der Waals surface area contributed by atoms with Crippen molar-refractivity contribution in [3.05, 3.63) is 23.8 Å². The van der Waals surface area contributed by atoms with Crippen LogP contribution in [-0.4, -0.2) is 47.2 Å². The normalized spacial score (nSPS) is 18.1. The second kappa shape index (κ2) is 7.15. The lowest BCUT2D eigenvalue weighted by molar-refractivity contribution is -0.910. The number of quaternary nitrogens is 1. The lowest BCUT2D eigenvalue weighted by Crippen LogP contribution is -3.13. The molecule has 1 fully saturated rings. The molecule has 1 N–H and O–H groups in total. The molecule has 1 saturated heterocycles. The van der Waals surface area contributed by atoms with Crippen molar-refractivity contribution in [1.29, 1.82) is 0 Å². The highest BCUT2D eigenvalue weighted by atomic mass is 35.5. The van der Waals surface area contributed by atoms with E-state index in [1.807, 2.05) is 18.2 Å². The van der Waals surface area contributed by atoms with Gasteiger partial charge in [0.25, 0.3) is 0 Å². The van der Waals surface area contributed by atoms with E-state index in [4.69, 9.17) is 9.47 Å². The van der Waals surface area contributed by atoms with E-state index >= 15 is 0 Å². The molecule has 114 valence electrons. The monoisotopic (exact) mass is 321 g/mol. The van der Waals surface area contributed by atoms with Gasteiger partial charge in [-0.25, -0.2) is 8.42 Å². The largest absolute Gasteiger partial charge is 1.00 e. The Balaban J connectivity index is 0.00000200. The summed E-state index contributed by atoms with van der Waals surface area (Å²) in [6, 6.07) is 5.78. The zero-order valence-corrected chi connectivity index (χ0v) is 13.3. The van der Waals surface area contributed by atoms with Gasteiger partial charge in [0.1, 0.15) is 6.54 Å². The number of rotatable bonds is 4. The van der Waals surface area contributed by atoms with Gasteiger partial charge in [0.2, 0.25) is 0 Å². The molecule has 2 rings (SSSR count). The van der Waals surface area contributed by atoms with Gasteiger partial charge in [-0.2, -0.15) is 0 Å². The Labute approximate surface area is 126 Å². The smallest absolute Gasteiger partial charge is 0.169 e. The van der Waals surface area contributed by atoms with Crippen molar-refractivity contribution in [2.45, 2.75) is 6.54 Å². The Morgan fingerprint density at radius 1 is 1.15 bits per heavy atom. The fourth-order valence-electron chi connectivity index (χ4n) is 2.37. The van der Waals surface area contributed by atoms with E-state index < -0.39 is 9.84 Å². The third-order valence-electron chi connectivity index (χ3n) is 3.46. The van der Waals surface area contributed by atoms with Crippen LogP contribution in [0.25, 0.3) is 0 Å². The van der Waals surface area contributed by atoms with E-state index in [2.05, 4.69) is 0 Å². The third kappa shape index (κ3) is 4.01. The molecular formula is C13H20ClNO4S. The van der Waals surface area contributed by atoms with Gasteiger partial charge < -0.3 is 26.8 Å². The molecule has 0 aromatic heterocycles. The fraction of sp³-hybridized carbons (Fsp3) is 0.538. The van der Waals surface area contributed by atoms with Crippen LogP contribution in [0.4, 0.5) is 0 Å². The summed E-state index contributed by atoms with van der Waals surface area (Å²) in [6.45, 7) is 2.07. The summed E-state index contributed by atoms with van der Waals surface area (Å²) in [5.41, 5.74) is 1.05. The van der Waals surface area contributed by atoms with E-state index in [9.17, 15) is 8.42 Å². The SMILES string of the molecule is COc1cccc(C[NH+]2CCS(=O)(=O)CC2)c1OC.[Cl-]. The summed E-state index contributed by atoms with van der Waals surface area (Å²) in [6.07, 6.45) is 0. The fourth-order valence-corrected chi connectivity index (χ4v) is 3.77. The highest BCUT2D eigenvalue weighted by molar-refractivity contribution is 7.91. The molecule has 1 aliphatic heterocycles. The first kappa shape index (κ1) is 17.1. The predicted molar refractivity (Wildman–Crippen MR) is 72.6 cm³/mol. The second-order valence-electron chi connectivity index (χ2n) is 4.73. The maximum absolute atomic E-state index is 11.4. The average molecular weight is 322 g/mol. The van der Waals surface area contributed by atoms with Gasteiger partial charge in [0.15, 0.2) is 21.3 Å². The van der Waals surface area contributed by atoms with Crippen LogP contribution >= 0.6 is 0 Å². The zero-order valence-electron chi connectivity index (χ0n) is 11.7. The number of benzene rings is 1. The molecule has 20 heavy (non-hydrogen) atoms. The standard InChI is InChI=1S/C13H19NO4S.ClH/c1-17-12-5-3-4-11(13(12)18-2)10-14-6-8-19(15,16)9-7-14;/h3-5H,6-10H2,1-2H3;1H. The molecule has 0 aliphatic carbocycles. The Hall–Kier alpha value is -0.980. The first-order valence-electron chi connectivity index (χ1n) is 6.29. The summed E-state index contributed by atoms with van der Waals surface area (Å²) in [5.74, 6) is 2.00. The average Bonchev–Trinajstić information content (AvgIpc) is 2.40. The van der Waals surface area contributed by atoms with Gasteiger partial charge in [-0.15, -0.1) is 0 Å². The van der Waals surface area contributed by atoms with Gasteiger partial charge in [-0.3, -0.25) is 0 Å². The van der Waals surface area contributed by atoms with E-state index in [1.54, 1.807) is 14.2 Å². The molecule has 7 heteroatoms. The van der Waals surface area contributed by atoms with Crippen molar-refractivity contribution < 1.29 is 35.2 Å². The molecule has 1 heterocycles. The van der Waals surface area contributed by atoms with Gasteiger partial charge in [0, 0.05) is 0 Å². The second-order valence-corrected chi connectivity index (χ2v) is 7.03. The van der Waals surface area contributed by atoms with Crippen LogP contribution in [0.1, 0.15) is 5.56 Å². The van der Waals surface area contributed by atoms with Crippen molar-refractivity contribution in [2.24, 2.45) is 0 Å². The van der Waals surface area contributed by atoms with E-state index in [0.717, 1.165) is 17.9 Å². The van der Waals surface area contributed by atoms with Gasteiger partial charge in [-0.1, -0.05) is 6.07 Å². The van der Waals surface area contributed by atoms with Gasteiger partial charge >= 0.3 is 0 Å². The van der Waals surface area contributed by atoms with Crippen LogP contribution < -0.4 is 26.8 Å². The molecule has 0 unspecified atom stereocenters. The predicted octanol–water partition coefficient (Wildman–Crippen LogP) is -3.48. The maximum atomic E-state index is 11.4. The Bertz CT molecular complexity index is 533. The summed E-state index contributed by atoms with van der Waals surface area (Å²) < 4.78 is 33.5. The number of methoxy groups -OCH3 is 2. The van der Waals surface area contributed by atoms with Crippen LogP contribution in [0.15, 0.2) is 18.2 Å². The van der Waals surface area contributed by atoms with Crippen molar-refractivity contribution in [3.8, 4) is 11.5 Å². The van der Waals surface area contributed by atoms with Gasteiger partial charge in [0.05, 0.1) is 44.4 Å². The first-order chi connectivity index (χ1) is 9.05. The van der Waals surface area contributed by atoms with E-state index in [1.165, 1.54) is 4.90 Å². The van der Waals surface area contributed by atoms with E-state index in [0.29, 0.717) is 18.8 Å². The molecule has 0 spiro atoms. The number of ether oxygens (including phenoxy) is 2. The number of halogens is 1. The molecule has 0 radical (unpaired) electrons. The van der Waals surface area contributed by atoms with Crippen molar-refractivity contribution in [3.63, 3.8) is 0 Å².